The molecule has 4 aromatic carbocycles. The Morgan fingerprint density at radius 2 is 1.48 bits per heavy atom. The molecule has 1 aromatic heterocycles. The molecule has 4 heteroatoms. The van der Waals surface area contributed by atoms with Crippen LogP contribution in [0.1, 0.15) is 11.1 Å². The zero-order valence-electron chi connectivity index (χ0n) is 16.5. The van der Waals surface area contributed by atoms with Crippen LogP contribution in [-0.2, 0) is 4.79 Å². The molecule has 150 valence electrons. The van der Waals surface area contributed by atoms with Gasteiger partial charge >= 0.3 is 0 Å². The summed E-state index contributed by atoms with van der Waals surface area (Å²) >= 11 is 6.34. The second kappa shape index (κ2) is 8.13. The predicted octanol–water partition coefficient (Wildman–Crippen LogP) is 7.42. The monoisotopic (exact) mass is 423 g/mol. The molecule has 0 saturated carbocycles. The number of nitrogens with one attached hydrogen (secondary N) is 1. The Kier molecular flexibility index (Phi) is 5.03. The molecule has 1 heterocycles. The number of furan rings is 1. The lowest BCUT2D eigenvalue weighted by molar-refractivity contribution is -0.111. The zero-order chi connectivity index (χ0) is 21.2. The van der Waals surface area contributed by atoms with Crippen molar-refractivity contribution in [1.82, 2.24) is 0 Å². The molecule has 5 aromatic rings. The van der Waals surface area contributed by atoms with Gasteiger partial charge < -0.3 is 9.73 Å². The molecule has 0 unspecified atom stereocenters. The minimum atomic E-state index is -0.221. The number of rotatable bonds is 4. The lowest BCUT2D eigenvalue weighted by Crippen LogP contribution is -2.13. The quantitative estimate of drug-likeness (QED) is 0.241. The Balaban J connectivity index is 1.52. The van der Waals surface area contributed by atoms with Gasteiger partial charge in [-0.15, -0.1) is 0 Å². The van der Waals surface area contributed by atoms with Crippen molar-refractivity contribution in [2.75, 3.05) is 5.32 Å². The van der Waals surface area contributed by atoms with E-state index in [1.54, 1.807) is 0 Å². The van der Waals surface area contributed by atoms with E-state index in [4.69, 9.17) is 16.0 Å². The van der Waals surface area contributed by atoms with Gasteiger partial charge in [0.15, 0.2) is 0 Å². The number of hydrogen-bond donors (Lipinski definition) is 1. The summed E-state index contributed by atoms with van der Waals surface area (Å²) in [6, 6.07) is 30.6. The van der Waals surface area contributed by atoms with E-state index in [1.807, 2.05) is 103 Å². The van der Waals surface area contributed by atoms with Crippen LogP contribution in [0.25, 0.3) is 33.6 Å². The van der Waals surface area contributed by atoms with Crippen LogP contribution in [0.15, 0.2) is 101 Å². The summed E-state index contributed by atoms with van der Waals surface area (Å²) in [5, 5.41) is 5.67. The third-order valence-corrected chi connectivity index (χ3v) is 5.52. The molecule has 1 amide bonds. The van der Waals surface area contributed by atoms with Gasteiger partial charge in [0, 0.05) is 33.1 Å². The molecule has 1 N–H and O–H groups in total. The van der Waals surface area contributed by atoms with E-state index in [0.717, 1.165) is 33.1 Å². The van der Waals surface area contributed by atoms with E-state index in [-0.39, 0.29) is 5.91 Å². The molecule has 0 fully saturated rings. The minimum absolute atomic E-state index is 0.221. The summed E-state index contributed by atoms with van der Waals surface area (Å²) in [4.78, 5) is 13.3. The smallest absolute Gasteiger partial charge is 0.256 e. The van der Waals surface area contributed by atoms with Crippen LogP contribution in [0, 0.1) is 0 Å². The molecule has 5 rings (SSSR count). The standard InChI is InChI=1S/C27H18ClNO2/c28-24-12-6-4-10-19(24)16-23(18-8-2-1-3-9-18)27(30)29-20-14-15-22-21-11-5-7-13-25(21)31-26(22)17-20/h1-17H,(H,29,30)/b23-16+. The number of carbonyl (C=O) groups is 1. The van der Waals surface area contributed by atoms with Crippen molar-refractivity contribution in [2.45, 2.75) is 0 Å². The first-order valence-corrected chi connectivity index (χ1v) is 10.3. The van der Waals surface area contributed by atoms with Crippen LogP contribution in [0.2, 0.25) is 5.02 Å². The van der Waals surface area contributed by atoms with Gasteiger partial charge in [0.2, 0.25) is 0 Å². The Labute approximate surface area is 184 Å². The second-order valence-corrected chi connectivity index (χ2v) is 7.62. The highest BCUT2D eigenvalue weighted by molar-refractivity contribution is 6.34. The van der Waals surface area contributed by atoms with E-state index in [0.29, 0.717) is 16.3 Å². The van der Waals surface area contributed by atoms with Crippen molar-refractivity contribution >= 4 is 56.8 Å². The van der Waals surface area contributed by atoms with E-state index >= 15 is 0 Å². The number of halogens is 1. The van der Waals surface area contributed by atoms with Crippen LogP contribution in [0.4, 0.5) is 5.69 Å². The number of fused-ring (bicyclic) bond motifs is 3. The molecule has 0 spiro atoms. The Morgan fingerprint density at radius 1 is 0.774 bits per heavy atom. The summed E-state index contributed by atoms with van der Waals surface area (Å²) < 4.78 is 5.95. The van der Waals surface area contributed by atoms with Gasteiger partial charge in [-0.2, -0.15) is 0 Å². The first kappa shape index (κ1) is 19.2. The number of benzene rings is 4. The number of carbonyl (C=O) groups excluding carboxylic acids is 1. The van der Waals surface area contributed by atoms with Crippen LogP contribution in [-0.4, -0.2) is 5.91 Å². The van der Waals surface area contributed by atoms with Crippen LogP contribution < -0.4 is 5.32 Å². The van der Waals surface area contributed by atoms with Crippen molar-refractivity contribution in [2.24, 2.45) is 0 Å². The van der Waals surface area contributed by atoms with Gasteiger partial charge in [0.25, 0.3) is 5.91 Å². The van der Waals surface area contributed by atoms with Crippen LogP contribution in [0.3, 0.4) is 0 Å². The lowest BCUT2D eigenvalue weighted by Gasteiger charge is -2.10. The average Bonchev–Trinajstić information content (AvgIpc) is 3.17. The maximum Gasteiger partial charge on any atom is 0.256 e. The summed E-state index contributed by atoms with van der Waals surface area (Å²) in [7, 11) is 0. The third-order valence-electron chi connectivity index (χ3n) is 5.17. The van der Waals surface area contributed by atoms with Crippen molar-refractivity contribution in [1.29, 1.82) is 0 Å². The van der Waals surface area contributed by atoms with Crippen LogP contribution >= 0.6 is 11.6 Å². The lowest BCUT2D eigenvalue weighted by atomic mass is 10.0. The number of anilines is 1. The van der Waals surface area contributed by atoms with Crippen molar-refractivity contribution in [3.05, 3.63) is 113 Å². The summed E-state index contributed by atoms with van der Waals surface area (Å²) in [5.41, 5.74) is 4.34. The first-order valence-electron chi connectivity index (χ1n) is 9.93. The zero-order valence-corrected chi connectivity index (χ0v) is 17.3. The van der Waals surface area contributed by atoms with Crippen molar-refractivity contribution < 1.29 is 9.21 Å². The second-order valence-electron chi connectivity index (χ2n) is 7.21. The molecular formula is C27H18ClNO2. The fourth-order valence-electron chi connectivity index (χ4n) is 3.65. The maximum atomic E-state index is 13.3. The molecule has 0 atom stereocenters. The molecule has 0 bridgehead atoms. The van der Waals surface area contributed by atoms with Gasteiger partial charge in [-0.1, -0.05) is 78.3 Å². The van der Waals surface area contributed by atoms with E-state index in [9.17, 15) is 4.79 Å². The van der Waals surface area contributed by atoms with Crippen LogP contribution in [0.5, 0.6) is 0 Å². The van der Waals surface area contributed by atoms with Gasteiger partial charge in [0.1, 0.15) is 11.2 Å². The van der Waals surface area contributed by atoms with Gasteiger partial charge in [0.05, 0.1) is 0 Å². The highest BCUT2D eigenvalue weighted by atomic mass is 35.5. The first-order chi connectivity index (χ1) is 15.2. The predicted molar refractivity (Wildman–Crippen MR) is 128 cm³/mol. The molecule has 0 saturated heterocycles. The highest BCUT2D eigenvalue weighted by Gasteiger charge is 2.14. The largest absolute Gasteiger partial charge is 0.456 e. The SMILES string of the molecule is O=C(Nc1ccc2c(c1)oc1ccccc12)/C(=C/c1ccccc1Cl)c1ccccc1. The molecule has 0 radical (unpaired) electrons. The molecule has 31 heavy (non-hydrogen) atoms. The van der Waals surface area contributed by atoms with Gasteiger partial charge in [-0.25, -0.2) is 0 Å². The topological polar surface area (TPSA) is 42.2 Å². The summed E-state index contributed by atoms with van der Waals surface area (Å²) in [5.74, 6) is -0.221. The fraction of sp³-hybridized carbons (Fsp3) is 0. The van der Waals surface area contributed by atoms with E-state index < -0.39 is 0 Å². The highest BCUT2D eigenvalue weighted by Crippen LogP contribution is 2.31. The minimum Gasteiger partial charge on any atom is -0.456 e. The number of amides is 1. The average molecular weight is 424 g/mol. The van der Waals surface area contributed by atoms with Crippen molar-refractivity contribution in [3.8, 4) is 0 Å². The summed E-state index contributed by atoms with van der Waals surface area (Å²) in [6.45, 7) is 0. The normalized spacial score (nSPS) is 11.7. The fourth-order valence-corrected chi connectivity index (χ4v) is 3.84. The molecule has 0 aliphatic carbocycles. The summed E-state index contributed by atoms with van der Waals surface area (Å²) in [6.07, 6.45) is 1.81. The third kappa shape index (κ3) is 3.83. The number of para-hydroxylation sites is 1. The van der Waals surface area contributed by atoms with E-state index in [1.165, 1.54) is 0 Å². The number of hydrogen-bond acceptors (Lipinski definition) is 2. The Bertz CT molecular complexity index is 1430. The molecule has 0 aliphatic rings. The Morgan fingerprint density at radius 3 is 2.32 bits per heavy atom. The molecule has 3 nitrogen and oxygen atoms in total. The van der Waals surface area contributed by atoms with E-state index in [2.05, 4.69) is 5.32 Å². The van der Waals surface area contributed by atoms with Gasteiger partial charge in [-0.3, -0.25) is 4.79 Å². The van der Waals surface area contributed by atoms with Crippen molar-refractivity contribution in [3.63, 3.8) is 0 Å². The Hall–Kier alpha value is -3.82. The van der Waals surface area contributed by atoms with Gasteiger partial charge in [-0.05, 0) is 41.5 Å². The molecular weight excluding hydrogens is 406 g/mol. The molecule has 0 aliphatic heterocycles. The maximum absolute atomic E-state index is 13.3.